The van der Waals surface area contributed by atoms with Gasteiger partial charge in [0, 0.05) is 17.5 Å². The maximum Gasteiger partial charge on any atom is 0.334 e. The van der Waals surface area contributed by atoms with Gasteiger partial charge in [0.15, 0.2) is 6.23 Å². The number of hydrogen-bond acceptors (Lipinski definition) is 5. The molecule has 0 bridgehead atoms. The van der Waals surface area contributed by atoms with Gasteiger partial charge >= 0.3 is 5.97 Å². The molecule has 4 rings (SSSR count). The number of ether oxygens (including phenoxy) is 1. The molecule has 0 radical (unpaired) electrons. The van der Waals surface area contributed by atoms with E-state index in [9.17, 15) is 19.2 Å². The summed E-state index contributed by atoms with van der Waals surface area (Å²) < 4.78 is 5.72. The van der Waals surface area contributed by atoms with E-state index < -0.39 is 23.2 Å². The molecule has 0 saturated carbocycles. The van der Waals surface area contributed by atoms with E-state index in [1.54, 1.807) is 67.6 Å². The summed E-state index contributed by atoms with van der Waals surface area (Å²) in [5.74, 6) is -1.46. The first-order valence-corrected chi connectivity index (χ1v) is 11.3. The number of benzene rings is 2. The molecule has 2 aromatic carbocycles. The third kappa shape index (κ3) is 3.91. The van der Waals surface area contributed by atoms with Crippen molar-refractivity contribution in [3.05, 3.63) is 83.4 Å². The van der Waals surface area contributed by atoms with Crippen LogP contribution in [0.2, 0.25) is 0 Å². The normalized spacial score (nSPS) is 22.5. The highest BCUT2D eigenvalue weighted by Crippen LogP contribution is 2.40. The Hall–Kier alpha value is -3.74. The summed E-state index contributed by atoms with van der Waals surface area (Å²) in [6, 6.07) is 15.5. The molecular formula is C27H28N2O5. The summed E-state index contributed by atoms with van der Waals surface area (Å²) in [6.45, 7) is 7.52. The fourth-order valence-electron chi connectivity index (χ4n) is 4.33. The van der Waals surface area contributed by atoms with E-state index in [1.807, 2.05) is 26.8 Å². The minimum Gasteiger partial charge on any atom is -0.439 e. The standard InChI is InChI=1S/C27H28N2O5/c1-26(2,3)24-29(21(30)18-12-6-5-7-13-18)27(4,25(33)34-24)16-10-11-17-28-22(31)19-14-8-9-15-20(19)23(28)32/h5-15,24H,16-17H2,1-4H3/b11-10+/t24-,27+/m1/s1. The Kier molecular flexibility index (Phi) is 5.89. The molecule has 2 aliphatic rings. The van der Waals surface area contributed by atoms with Crippen LogP contribution in [-0.2, 0) is 9.53 Å². The van der Waals surface area contributed by atoms with Crippen LogP contribution in [0.3, 0.4) is 0 Å². The minimum atomic E-state index is -1.23. The molecule has 2 aliphatic heterocycles. The molecule has 2 aromatic rings. The first-order valence-electron chi connectivity index (χ1n) is 11.3. The lowest BCUT2D eigenvalue weighted by molar-refractivity contribution is -0.148. The van der Waals surface area contributed by atoms with Gasteiger partial charge in [0.05, 0.1) is 11.1 Å². The summed E-state index contributed by atoms with van der Waals surface area (Å²) in [5, 5.41) is 0. The lowest BCUT2D eigenvalue weighted by Gasteiger charge is -2.38. The molecular weight excluding hydrogens is 432 g/mol. The van der Waals surface area contributed by atoms with Crippen molar-refractivity contribution in [2.75, 3.05) is 6.54 Å². The van der Waals surface area contributed by atoms with Crippen molar-refractivity contribution < 1.29 is 23.9 Å². The van der Waals surface area contributed by atoms with Gasteiger partial charge in [-0.25, -0.2) is 4.79 Å². The van der Waals surface area contributed by atoms with Gasteiger partial charge < -0.3 is 4.74 Å². The van der Waals surface area contributed by atoms with Crippen LogP contribution in [0.1, 0.15) is 65.2 Å². The Morgan fingerprint density at radius 2 is 1.50 bits per heavy atom. The van der Waals surface area contributed by atoms with Crippen molar-refractivity contribution in [3.63, 3.8) is 0 Å². The molecule has 34 heavy (non-hydrogen) atoms. The lowest BCUT2D eigenvalue weighted by Crippen LogP contribution is -2.54. The molecule has 2 heterocycles. The number of carbonyl (C=O) groups excluding carboxylic acids is 4. The molecule has 1 fully saturated rings. The average molecular weight is 461 g/mol. The molecule has 176 valence electrons. The summed E-state index contributed by atoms with van der Waals surface area (Å²) in [5.41, 5.74) is -0.485. The predicted molar refractivity (Wildman–Crippen MR) is 126 cm³/mol. The second kappa shape index (κ2) is 8.56. The van der Waals surface area contributed by atoms with Crippen LogP contribution >= 0.6 is 0 Å². The van der Waals surface area contributed by atoms with E-state index in [2.05, 4.69) is 0 Å². The zero-order valence-corrected chi connectivity index (χ0v) is 19.8. The second-order valence-electron chi connectivity index (χ2n) is 9.88. The van der Waals surface area contributed by atoms with Crippen molar-refractivity contribution in [1.29, 1.82) is 0 Å². The molecule has 3 amide bonds. The molecule has 0 spiro atoms. The highest BCUT2D eigenvalue weighted by Gasteiger charge is 2.57. The number of imide groups is 1. The topological polar surface area (TPSA) is 84.0 Å². The summed E-state index contributed by atoms with van der Waals surface area (Å²) in [6.07, 6.45) is 2.85. The Morgan fingerprint density at radius 3 is 2.06 bits per heavy atom. The van der Waals surface area contributed by atoms with Crippen molar-refractivity contribution >= 4 is 23.7 Å². The summed E-state index contributed by atoms with van der Waals surface area (Å²) in [4.78, 5) is 54.4. The van der Waals surface area contributed by atoms with Gasteiger partial charge in [0.2, 0.25) is 0 Å². The molecule has 1 saturated heterocycles. The van der Waals surface area contributed by atoms with E-state index >= 15 is 0 Å². The Bertz CT molecular complexity index is 1150. The van der Waals surface area contributed by atoms with Crippen LogP contribution in [0, 0.1) is 5.41 Å². The van der Waals surface area contributed by atoms with Gasteiger partial charge in [-0.15, -0.1) is 0 Å². The van der Waals surface area contributed by atoms with Gasteiger partial charge in [-0.3, -0.25) is 24.2 Å². The zero-order valence-electron chi connectivity index (χ0n) is 19.8. The van der Waals surface area contributed by atoms with Crippen LogP contribution in [0.25, 0.3) is 0 Å². The fourth-order valence-corrected chi connectivity index (χ4v) is 4.33. The number of esters is 1. The lowest BCUT2D eigenvalue weighted by atomic mass is 9.89. The number of carbonyl (C=O) groups is 4. The van der Waals surface area contributed by atoms with E-state index in [4.69, 9.17) is 4.74 Å². The fraction of sp³-hybridized carbons (Fsp3) is 0.333. The first-order chi connectivity index (χ1) is 16.1. The number of cyclic esters (lactones) is 1. The van der Waals surface area contributed by atoms with Crippen molar-refractivity contribution in [2.45, 2.75) is 45.9 Å². The number of amides is 3. The quantitative estimate of drug-likeness (QED) is 0.382. The third-order valence-electron chi connectivity index (χ3n) is 6.25. The maximum atomic E-state index is 13.5. The van der Waals surface area contributed by atoms with Crippen LogP contribution in [0.4, 0.5) is 0 Å². The van der Waals surface area contributed by atoms with Crippen molar-refractivity contribution in [3.8, 4) is 0 Å². The van der Waals surface area contributed by atoms with Crippen molar-refractivity contribution in [1.82, 2.24) is 9.80 Å². The van der Waals surface area contributed by atoms with Gasteiger partial charge in [-0.2, -0.15) is 0 Å². The van der Waals surface area contributed by atoms with E-state index in [1.165, 1.54) is 9.80 Å². The molecule has 0 unspecified atom stereocenters. The van der Waals surface area contributed by atoms with E-state index in [0.717, 1.165) is 0 Å². The van der Waals surface area contributed by atoms with Gasteiger partial charge in [-0.1, -0.05) is 63.3 Å². The van der Waals surface area contributed by atoms with Gasteiger partial charge in [-0.05, 0) is 37.6 Å². The monoisotopic (exact) mass is 460 g/mol. The van der Waals surface area contributed by atoms with E-state index in [0.29, 0.717) is 16.7 Å². The molecule has 2 atom stereocenters. The highest BCUT2D eigenvalue weighted by molar-refractivity contribution is 6.21. The Labute approximate surface area is 199 Å². The Morgan fingerprint density at radius 1 is 0.941 bits per heavy atom. The number of rotatable bonds is 5. The molecule has 0 aromatic heterocycles. The SMILES string of the molecule is CC(C)(C)[C@H]1OC(=O)[C@](C)(C/C=C/CN2C(=O)c3ccccc3C2=O)N1C(=O)c1ccccc1. The second-order valence-corrected chi connectivity index (χ2v) is 9.88. The smallest absolute Gasteiger partial charge is 0.334 e. The number of hydrogen-bond donors (Lipinski definition) is 0. The summed E-state index contributed by atoms with van der Waals surface area (Å²) in [7, 11) is 0. The highest BCUT2D eigenvalue weighted by atomic mass is 16.6. The largest absolute Gasteiger partial charge is 0.439 e. The van der Waals surface area contributed by atoms with Crippen LogP contribution in [-0.4, -0.2) is 51.8 Å². The predicted octanol–water partition coefficient (Wildman–Crippen LogP) is 4.06. The van der Waals surface area contributed by atoms with Crippen LogP contribution in [0.15, 0.2) is 66.7 Å². The van der Waals surface area contributed by atoms with Gasteiger partial charge in [0.25, 0.3) is 17.7 Å². The Balaban J connectivity index is 1.55. The van der Waals surface area contributed by atoms with Crippen molar-refractivity contribution in [2.24, 2.45) is 5.41 Å². The van der Waals surface area contributed by atoms with E-state index in [-0.39, 0.29) is 30.7 Å². The molecule has 0 N–H and O–H groups in total. The molecule has 7 heteroatoms. The third-order valence-corrected chi connectivity index (χ3v) is 6.25. The molecule has 7 nitrogen and oxygen atoms in total. The minimum absolute atomic E-state index is 0.0762. The number of nitrogens with zero attached hydrogens (tertiary/aromatic N) is 2. The maximum absolute atomic E-state index is 13.5. The van der Waals surface area contributed by atoms with Crippen LogP contribution < -0.4 is 0 Å². The number of fused-ring (bicyclic) bond motifs is 1. The van der Waals surface area contributed by atoms with Gasteiger partial charge in [0.1, 0.15) is 5.54 Å². The summed E-state index contributed by atoms with van der Waals surface area (Å²) >= 11 is 0. The first kappa shape index (κ1) is 23.4. The average Bonchev–Trinajstić information content (AvgIpc) is 3.22. The van der Waals surface area contributed by atoms with Crippen LogP contribution in [0.5, 0.6) is 0 Å². The zero-order chi connectivity index (χ0) is 24.7. The molecule has 0 aliphatic carbocycles.